The first kappa shape index (κ1) is 17.0. The Labute approximate surface area is 142 Å². The second kappa shape index (κ2) is 7.78. The first-order chi connectivity index (χ1) is 11.0. The van der Waals surface area contributed by atoms with Crippen molar-refractivity contribution in [2.75, 3.05) is 7.11 Å². The van der Waals surface area contributed by atoms with Crippen LogP contribution in [0.4, 0.5) is 0 Å². The molecule has 5 nitrogen and oxygen atoms in total. The number of ether oxygens (including phenoxy) is 2. The van der Waals surface area contributed by atoms with E-state index in [1.165, 1.54) is 26.2 Å². The minimum Gasteiger partial charge on any atom is -0.496 e. The fourth-order valence-corrected chi connectivity index (χ4v) is 2.19. The second-order valence-corrected chi connectivity index (χ2v) is 5.45. The predicted octanol–water partition coefficient (Wildman–Crippen LogP) is 4.01. The molecule has 0 saturated carbocycles. The molecule has 6 heteroatoms. The zero-order valence-electron chi connectivity index (χ0n) is 12.7. The first-order valence-electron chi connectivity index (χ1n) is 6.77. The summed E-state index contributed by atoms with van der Waals surface area (Å²) in [5.74, 6) is 0.503. The topological polar surface area (TPSA) is 65.7 Å². The fraction of sp³-hybridized carbons (Fsp3) is 0.176. The van der Waals surface area contributed by atoms with E-state index >= 15 is 0 Å². The van der Waals surface area contributed by atoms with Crippen LogP contribution in [0.1, 0.15) is 28.6 Å². The highest BCUT2D eigenvalue weighted by molar-refractivity contribution is 9.10. The van der Waals surface area contributed by atoms with Crippen molar-refractivity contribution in [3.05, 3.63) is 58.0 Å². The number of methoxy groups -OCH3 is 1. The van der Waals surface area contributed by atoms with Gasteiger partial charge >= 0.3 is 5.97 Å². The van der Waals surface area contributed by atoms with Crippen molar-refractivity contribution in [1.29, 1.82) is 0 Å². The summed E-state index contributed by atoms with van der Waals surface area (Å²) in [6.07, 6.45) is 2.78. The number of rotatable bonds is 6. The molecule has 23 heavy (non-hydrogen) atoms. The predicted molar refractivity (Wildman–Crippen MR) is 88.2 cm³/mol. The lowest BCUT2D eigenvalue weighted by molar-refractivity contribution is -0.138. The number of Topliss-reactive ketones (excluding diaryl/α,β-unsaturated/α-hetero) is 1. The van der Waals surface area contributed by atoms with E-state index in [4.69, 9.17) is 13.9 Å². The number of esters is 1. The molecule has 1 heterocycles. The lowest BCUT2D eigenvalue weighted by atomic mass is 10.1. The van der Waals surface area contributed by atoms with Crippen LogP contribution in [-0.4, -0.2) is 18.9 Å². The standard InChI is InChI=1S/C17H15BrO5/c1-11(19)12-3-6-15(21-2)13(9-12)10-22-17(20)8-5-14-4-7-16(18)23-14/h3-9H,10H2,1-2H3/b8-5+. The molecule has 0 amide bonds. The van der Waals surface area contributed by atoms with Gasteiger partial charge in [0.05, 0.1) is 7.11 Å². The van der Waals surface area contributed by atoms with E-state index in [1.54, 1.807) is 30.3 Å². The molecule has 0 N–H and O–H groups in total. The molecular weight excluding hydrogens is 364 g/mol. The molecule has 120 valence electrons. The summed E-state index contributed by atoms with van der Waals surface area (Å²) in [7, 11) is 1.52. The number of carbonyl (C=O) groups excluding carboxylic acids is 2. The molecule has 0 saturated heterocycles. The molecule has 0 atom stereocenters. The molecule has 1 aromatic carbocycles. The van der Waals surface area contributed by atoms with E-state index in [0.717, 1.165) is 0 Å². The SMILES string of the molecule is COc1ccc(C(C)=O)cc1COC(=O)/C=C/c1ccc(Br)o1. The van der Waals surface area contributed by atoms with E-state index < -0.39 is 5.97 Å². The van der Waals surface area contributed by atoms with Crippen molar-refractivity contribution in [1.82, 2.24) is 0 Å². The molecule has 0 aliphatic heterocycles. The van der Waals surface area contributed by atoms with Crippen molar-refractivity contribution in [3.8, 4) is 5.75 Å². The van der Waals surface area contributed by atoms with Gasteiger partial charge in [-0.2, -0.15) is 0 Å². The third kappa shape index (κ3) is 4.82. The Hall–Kier alpha value is -2.34. The monoisotopic (exact) mass is 378 g/mol. The largest absolute Gasteiger partial charge is 0.496 e. The van der Waals surface area contributed by atoms with Gasteiger partial charge in [-0.3, -0.25) is 4.79 Å². The smallest absolute Gasteiger partial charge is 0.331 e. The van der Waals surface area contributed by atoms with Crippen LogP contribution >= 0.6 is 15.9 Å². The van der Waals surface area contributed by atoms with Crippen molar-refractivity contribution >= 4 is 33.8 Å². The van der Waals surface area contributed by atoms with Crippen LogP contribution in [0.2, 0.25) is 0 Å². The average Bonchev–Trinajstić information content (AvgIpc) is 2.96. The molecule has 0 unspecified atom stereocenters. The number of halogens is 1. The summed E-state index contributed by atoms with van der Waals surface area (Å²) >= 11 is 3.18. The van der Waals surface area contributed by atoms with Crippen molar-refractivity contribution < 1.29 is 23.5 Å². The van der Waals surface area contributed by atoms with Gasteiger partial charge in [-0.25, -0.2) is 4.79 Å². The van der Waals surface area contributed by atoms with E-state index in [2.05, 4.69) is 15.9 Å². The average molecular weight is 379 g/mol. The molecule has 0 aliphatic carbocycles. The summed E-state index contributed by atoms with van der Waals surface area (Å²) in [5.41, 5.74) is 1.16. The highest BCUT2D eigenvalue weighted by atomic mass is 79.9. The maximum atomic E-state index is 11.7. The summed E-state index contributed by atoms with van der Waals surface area (Å²) in [6, 6.07) is 8.44. The van der Waals surface area contributed by atoms with Crippen molar-refractivity contribution in [2.45, 2.75) is 13.5 Å². The minimum absolute atomic E-state index is 0.00924. The highest BCUT2D eigenvalue weighted by Gasteiger charge is 2.09. The Kier molecular flexibility index (Phi) is 5.76. The van der Waals surface area contributed by atoms with Gasteiger partial charge in [0.2, 0.25) is 0 Å². The molecule has 0 spiro atoms. The van der Waals surface area contributed by atoms with E-state index in [9.17, 15) is 9.59 Å². The molecule has 2 rings (SSSR count). The molecule has 0 aliphatic rings. The third-order valence-corrected chi connectivity index (χ3v) is 3.46. The molecule has 0 bridgehead atoms. The first-order valence-corrected chi connectivity index (χ1v) is 7.57. The van der Waals surface area contributed by atoms with Gasteiger partial charge in [-0.15, -0.1) is 0 Å². The van der Waals surface area contributed by atoms with Crippen LogP contribution in [-0.2, 0) is 16.1 Å². The lowest BCUT2D eigenvalue weighted by Gasteiger charge is -2.09. The highest BCUT2D eigenvalue weighted by Crippen LogP contribution is 2.21. The Balaban J connectivity index is 2.02. The maximum absolute atomic E-state index is 11.7. The minimum atomic E-state index is -0.521. The number of hydrogen-bond donors (Lipinski definition) is 0. The molecule has 0 fully saturated rings. The Morgan fingerprint density at radius 1 is 1.26 bits per heavy atom. The summed E-state index contributed by atoms with van der Waals surface area (Å²) in [6.45, 7) is 1.48. The van der Waals surface area contributed by atoms with Crippen molar-refractivity contribution in [2.24, 2.45) is 0 Å². The zero-order chi connectivity index (χ0) is 16.8. The third-order valence-electron chi connectivity index (χ3n) is 3.03. The second-order valence-electron chi connectivity index (χ2n) is 4.67. The normalized spacial score (nSPS) is 10.7. The number of benzene rings is 1. The summed E-state index contributed by atoms with van der Waals surface area (Å²) < 4.78 is 16.2. The van der Waals surface area contributed by atoms with Crippen LogP contribution in [0, 0.1) is 0 Å². The zero-order valence-corrected chi connectivity index (χ0v) is 14.3. The quantitative estimate of drug-likeness (QED) is 0.431. The van der Waals surface area contributed by atoms with E-state index in [1.807, 2.05) is 0 Å². The van der Waals surface area contributed by atoms with Gasteiger partial charge in [0, 0.05) is 17.2 Å². The van der Waals surface area contributed by atoms with Gasteiger partial charge in [0.1, 0.15) is 18.1 Å². The molecule has 1 aromatic heterocycles. The summed E-state index contributed by atoms with van der Waals surface area (Å²) in [4.78, 5) is 23.2. The number of carbonyl (C=O) groups is 2. The Morgan fingerprint density at radius 2 is 2.04 bits per heavy atom. The Morgan fingerprint density at radius 3 is 2.65 bits per heavy atom. The van der Waals surface area contributed by atoms with Crippen LogP contribution < -0.4 is 4.74 Å². The lowest BCUT2D eigenvalue weighted by Crippen LogP contribution is -2.04. The van der Waals surface area contributed by atoms with E-state index in [-0.39, 0.29) is 12.4 Å². The van der Waals surface area contributed by atoms with Crippen LogP contribution in [0.5, 0.6) is 5.75 Å². The number of furan rings is 1. The van der Waals surface area contributed by atoms with Crippen LogP contribution in [0.25, 0.3) is 6.08 Å². The number of ketones is 1. The van der Waals surface area contributed by atoms with Crippen LogP contribution in [0.15, 0.2) is 45.5 Å². The fourth-order valence-electron chi connectivity index (χ4n) is 1.88. The van der Waals surface area contributed by atoms with Gasteiger partial charge < -0.3 is 13.9 Å². The van der Waals surface area contributed by atoms with Crippen molar-refractivity contribution in [3.63, 3.8) is 0 Å². The van der Waals surface area contributed by atoms with Gasteiger partial charge in [0.15, 0.2) is 10.5 Å². The molecule has 2 aromatic rings. The van der Waals surface area contributed by atoms with Crippen LogP contribution in [0.3, 0.4) is 0 Å². The molecule has 0 radical (unpaired) electrons. The summed E-state index contributed by atoms with van der Waals surface area (Å²) in [5, 5.41) is 0. The van der Waals surface area contributed by atoms with Gasteiger partial charge in [-0.1, -0.05) is 0 Å². The Bertz CT molecular complexity index is 745. The molecular formula is C17H15BrO5. The number of hydrogen-bond acceptors (Lipinski definition) is 5. The van der Waals surface area contributed by atoms with E-state index in [0.29, 0.717) is 27.3 Å². The van der Waals surface area contributed by atoms with Gasteiger partial charge in [-0.05, 0) is 59.3 Å². The van der Waals surface area contributed by atoms with Gasteiger partial charge in [0.25, 0.3) is 0 Å². The maximum Gasteiger partial charge on any atom is 0.331 e.